The predicted octanol–water partition coefficient (Wildman–Crippen LogP) is 3.66. The van der Waals surface area contributed by atoms with Crippen molar-refractivity contribution in [3.63, 3.8) is 0 Å². The molecule has 2 aliphatic heterocycles. The summed E-state index contributed by atoms with van der Waals surface area (Å²) in [6.45, 7) is 3.53. The molecule has 3 nitrogen and oxygen atoms in total. The van der Waals surface area contributed by atoms with E-state index in [9.17, 15) is 4.79 Å². The Morgan fingerprint density at radius 1 is 1.18 bits per heavy atom. The number of fused-ring (bicyclic) bond motifs is 1. The second kappa shape index (κ2) is 5.97. The largest absolute Gasteiger partial charge is 0.381 e. The SMILES string of the molecule is O=C(c1cc2c(s1)CCCCC2)N1CCCC2(CCOC2)C1. The van der Waals surface area contributed by atoms with Crippen LogP contribution in [0.1, 0.15) is 58.6 Å². The molecular formula is C18H25NO2S. The van der Waals surface area contributed by atoms with Gasteiger partial charge in [-0.2, -0.15) is 0 Å². The number of ether oxygens (including phenoxy) is 1. The Hall–Kier alpha value is -0.870. The van der Waals surface area contributed by atoms with E-state index in [1.807, 2.05) is 0 Å². The smallest absolute Gasteiger partial charge is 0.263 e. The second-order valence-corrected chi connectivity index (χ2v) is 8.39. The molecule has 4 rings (SSSR count). The number of aryl methyl sites for hydroxylation is 2. The molecule has 1 aliphatic carbocycles. The number of piperidine rings is 1. The van der Waals surface area contributed by atoms with Crippen molar-refractivity contribution < 1.29 is 9.53 Å². The molecular weight excluding hydrogens is 294 g/mol. The Morgan fingerprint density at radius 2 is 2.09 bits per heavy atom. The van der Waals surface area contributed by atoms with Gasteiger partial charge in [-0.1, -0.05) is 6.42 Å². The van der Waals surface area contributed by atoms with Crippen LogP contribution in [0.5, 0.6) is 0 Å². The van der Waals surface area contributed by atoms with Gasteiger partial charge in [0.05, 0.1) is 11.5 Å². The van der Waals surface area contributed by atoms with E-state index in [0.717, 1.165) is 50.4 Å². The Morgan fingerprint density at radius 3 is 2.95 bits per heavy atom. The van der Waals surface area contributed by atoms with Crippen molar-refractivity contribution in [2.24, 2.45) is 5.41 Å². The van der Waals surface area contributed by atoms with Crippen LogP contribution in [0.3, 0.4) is 0 Å². The summed E-state index contributed by atoms with van der Waals surface area (Å²) < 4.78 is 5.62. The highest BCUT2D eigenvalue weighted by Gasteiger charge is 2.40. The zero-order valence-electron chi connectivity index (χ0n) is 13.2. The zero-order valence-corrected chi connectivity index (χ0v) is 14.1. The molecule has 0 bridgehead atoms. The highest BCUT2D eigenvalue weighted by Crippen LogP contribution is 2.38. The van der Waals surface area contributed by atoms with Crippen molar-refractivity contribution in [2.45, 2.75) is 51.4 Å². The number of nitrogens with zero attached hydrogens (tertiary/aromatic N) is 1. The molecule has 1 aromatic heterocycles. The molecule has 1 aromatic rings. The first-order valence-electron chi connectivity index (χ1n) is 8.74. The van der Waals surface area contributed by atoms with Gasteiger partial charge in [-0.25, -0.2) is 0 Å². The summed E-state index contributed by atoms with van der Waals surface area (Å²) >= 11 is 1.76. The van der Waals surface area contributed by atoms with Gasteiger partial charge in [-0.05, 0) is 56.6 Å². The third kappa shape index (κ3) is 2.71. The van der Waals surface area contributed by atoms with Crippen LogP contribution in [0.4, 0.5) is 0 Å². The van der Waals surface area contributed by atoms with Gasteiger partial charge in [0, 0.05) is 30.0 Å². The lowest BCUT2D eigenvalue weighted by atomic mass is 9.79. The minimum absolute atomic E-state index is 0.252. The van der Waals surface area contributed by atoms with Gasteiger partial charge >= 0.3 is 0 Å². The van der Waals surface area contributed by atoms with E-state index in [2.05, 4.69) is 11.0 Å². The Kier molecular flexibility index (Phi) is 3.99. The minimum Gasteiger partial charge on any atom is -0.381 e. The van der Waals surface area contributed by atoms with Gasteiger partial charge in [0.2, 0.25) is 0 Å². The first-order valence-corrected chi connectivity index (χ1v) is 9.56. The summed E-state index contributed by atoms with van der Waals surface area (Å²) in [4.78, 5) is 17.5. The van der Waals surface area contributed by atoms with Crippen molar-refractivity contribution in [2.75, 3.05) is 26.3 Å². The molecule has 3 aliphatic rings. The highest BCUT2D eigenvalue weighted by atomic mass is 32.1. The molecule has 2 saturated heterocycles. The number of thiophene rings is 1. The van der Waals surface area contributed by atoms with Crippen LogP contribution < -0.4 is 0 Å². The fraction of sp³-hybridized carbons (Fsp3) is 0.722. The fourth-order valence-corrected chi connectivity index (χ4v) is 5.50. The lowest BCUT2D eigenvalue weighted by molar-refractivity contribution is 0.0466. The van der Waals surface area contributed by atoms with Crippen LogP contribution >= 0.6 is 11.3 Å². The quantitative estimate of drug-likeness (QED) is 0.739. The van der Waals surface area contributed by atoms with Crippen molar-refractivity contribution in [1.29, 1.82) is 0 Å². The van der Waals surface area contributed by atoms with Crippen LogP contribution in [-0.4, -0.2) is 37.1 Å². The zero-order chi connectivity index (χ0) is 15.0. The summed E-state index contributed by atoms with van der Waals surface area (Å²) in [6, 6.07) is 2.19. The van der Waals surface area contributed by atoms with Gasteiger partial charge in [-0.3, -0.25) is 4.79 Å². The number of rotatable bonds is 1. The Balaban J connectivity index is 1.51. The van der Waals surface area contributed by atoms with E-state index in [1.54, 1.807) is 11.3 Å². The molecule has 1 atom stereocenters. The van der Waals surface area contributed by atoms with E-state index < -0.39 is 0 Å². The minimum atomic E-state index is 0.252. The maximum Gasteiger partial charge on any atom is 0.263 e. The van der Waals surface area contributed by atoms with Gasteiger partial charge in [0.1, 0.15) is 0 Å². The number of amides is 1. The van der Waals surface area contributed by atoms with Crippen molar-refractivity contribution in [3.8, 4) is 0 Å². The average molecular weight is 319 g/mol. The summed E-state index contributed by atoms with van der Waals surface area (Å²) in [5.41, 5.74) is 1.70. The van der Waals surface area contributed by atoms with E-state index >= 15 is 0 Å². The molecule has 22 heavy (non-hydrogen) atoms. The Bertz CT molecular complexity index is 536. The van der Waals surface area contributed by atoms with Crippen LogP contribution in [0.15, 0.2) is 6.07 Å². The molecule has 0 saturated carbocycles. The third-order valence-corrected chi connectivity index (χ3v) is 6.82. The third-order valence-electron chi connectivity index (χ3n) is 5.59. The molecule has 1 spiro atoms. The number of hydrogen-bond acceptors (Lipinski definition) is 3. The summed E-state index contributed by atoms with van der Waals surface area (Å²) in [5, 5.41) is 0. The maximum atomic E-state index is 12.9. The number of carbonyl (C=O) groups is 1. The van der Waals surface area contributed by atoms with Crippen LogP contribution in [-0.2, 0) is 17.6 Å². The van der Waals surface area contributed by atoms with E-state index in [1.165, 1.54) is 42.5 Å². The predicted molar refractivity (Wildman–Crippen MR) is 88.6 cm³/mol. The molecule has 2 fully saturated rings. The molecule has 120 valence electrons. The lowest BCUT2D eigenvalue weighted by Gasteiger charge is -2.39. The standard InChI is InChI=1S/C18H25NO2S/c20-17(16-11-14-5-2-1-3-6-15(14)22-16)19-9-4-7-18(12-19)8-10-21-13-18/h11H,1-10,12-13H2. The summed E-state index contributed by atoms with van der Waals surface area (Å²) in [6.07, 6.45) is 9.70. The second-order valence-electron chi connectivity index (χ2n) is 7.25. The van der Waals surface area contributed by atoms with Gasteiger partial charge < -0.3 is 9.64 Å². The normalized spacial score (nSPS) is 28.6. The van der Waals surface area contributed by atoms with Gasteiger partial charge in [0.25, 0.3) is 5.91 Å². The van der Waals surface area contributed by atoms with Crippen LogP contribution in [0.2, 0.25) is 0 Å². The van der Waals surface area contributed by atoms with Crippen LogP contribution in [0.25, 0.3) is 0 Å². The molecule has 1 unspecified atom stereocenters. The van der Waals surface area contributed by atoms with E-state index in [4.69, 9.17) is 4.74 Å². The maximum absolute atomic E-state index is 12.9. The first-order chi connectivity index (χ1) is 10.8. The van der Waals surface area contributed by atoms with E-state index in [-0.39, 0.29) is 11.3 Å². The first kappa shape index (κ1) is 14.7. The highest BCUT2D eigenvalue weighted by molar-refractivity contribution is 7.14. The molecule has 0 aromatic carbocycles. The van der Waals surface area contributed by atoms with E-state index in [0.29, 0.717) is 0 Å². The molecule has 0 N–H and O–H groups in total. The monoisotopic (exact) mass is 319 g/mol. The van der Waals surface area contributed by atoms with Crippen LogP contribution in [0, 0.1) is 5.41 Å². The fourth-order valence-electron chi connectivity index (χ4n) is 4.28. The van der Waals surface area contributed by atoms with Crippen molar-refractivity contribution >= 4 is 17.2 Å². The van der Waals surface area contributed by atoms with Gasteiger partial charge in [-0.15, -0.1) is 11.3 Å². The lowest BCUT2D eigenvalue weighted by Crippen LogP contribution is -2.46. The Labute approximate surface area is 136 Å². The summed E-state index contributed by atoms with van der Waals surface area (Å²) in [5.74, 6) is 0.268. The molecule has 0 radical (unpaired) electrons. The summed E-state index contributed by atoms with van der Waals surface area (Å²) in [7, 11) is 0. The van der Waals surface area contributed by atoms with Crippen molar-refractivity contribution in [3.05, 3.63) is 21.4 Å². The molecule has 1 amide bonds. The average Bonchev–Trinajstić information content (AvgIpc) is 3.09. The van der Waals surface area contributed by atoms with Gasteiger partial charge in [0.15, 0.2) is 0 Å². The number of carbonyl (C=O) groups excluding carboxylic acids is 1. The topological polar surface area (TPSA) is 29.5 Å². The van der Waals surface area contributed by atoms with Crippen molar-refractivity contribution in [1.82, 2.24) is 4.90 Å². The number of likely N-dealkylation sites (tertiary alicyclic amines) is 1. The molecule has 3 heterocycles. The molecule has 4 heteroatoms. The number of hydrogen-bond donors (Lipinski definition) is 0.